The number of benzene rings is 2. The van der Waals surface area contributed by atoms with Crippen molar-refractivity contribution in [3.05, 3.63) is 66.0 Å². The zero-order valence-corrected chi connectivity index (χ0v) is 10.5. The van der Waals surface area contributed by atoms with Gasteiger partial charge in [0.05, 0.1) is 11.1 Å². The van der Waals surface area contributed by atoms with Gasteiger partial charge in [-0.2, -0.15) is 5.26 Å². The van der Waals surface area contributed by atoms with Gasteiger partial charge in [0.25, 0.3) is 0 Å². The number of hydrogen-bond donors (Lipinski definition) is 1. The van der Waals surface area contributed by atoms with Crippen LogP contribution in [0, 0.1) is 17.1 Å². The van der Waals surface area contributed by atoms with Crippen LogP contribution in [0.2, 0.25) is 0 Å². The smallest absolute Gasteiger partial charge is 0.149 e. The van der Waals surface area contributed by atoms with E-state index in [0.717, 1.165) is 10.9 Å². The number of hydrogen-bond acceptors (Lipinski definition) is 3. The Morgan fingerprint density at radius 3 is 2.70 bits per heavy atom. The molecular weight excluding hydrogens is 253 g/mol. The first-order valence-corrected chi connectivity index (χ1v) is 6.09. The topological polar surface area (TPSA) is 48.7 Å². The Bertz CT molecular complexity index is 821. The van der Waals surface area contributed by atoms with Crippen molar-refractivity contribution in [3.8, 4) is 6.07 Å². The Morgan fingerprint density at radius 1 is 1.05 bits per heavy atom. The summed E-state index contributed by atoms with van der Waals surface area (Å²) >= 11 is 0. The van der Waals surface area contributed by atoms with Crippen LogP contribution in [0.4, 0.5) is 15.9 Å². The Kier molecular flexibility index (Phi) is 3.02. The molecule has 96 valence electrons. The number of fused-ring (bicyclic) bond motifs is 1. The van der Waals surface area contributed by atoms with E-state index in [0.29, 0.717) is 17.1 Å². The Hall–Kier alpha value is -2.93. The van der Waals surface area contributed by atoms with Gasteiger partial charge in [0.15, 0.2) is 0 Å². The number of rotatable bonds is 2. The maximum absolute atomic E-state index is 13.2. The lowest BCUT2D eigenvalue weighted by molar-refractivity contribution is 0.628. The molecule has 0 atom stereocenters. The fourth-order valence-corrected chi connectivity index (χ4v) is 2.00. The summed E-state index contributed by atoms with van der Waals surface area (Å²) in [5.74, 6) is 0.0890. The minimum Gasteiger partial charge on any atom is -0.339 e. The van der Waals surface area contributed by atoms with Crippen molar-refractivity contribution < 1.29 is 4.39 Å². The second-order valence-corrected chi connectivity index (χ2v) is 4.32. The quantitative estimate of drug-likeness (QED) is 0.760. The zero-order chi connectivity index (χ0) is 13.9. The first-order valence-electron chi connectivity index (χ1n) is 6.09. The summed E-state index contributed by atoms with van der Waals surface area (Å²) in [4.78, 5) is 4.41. The molecule has 0 aliphatic carbocycles. The molecule has 1 N–H and O–H groups in total. The zero-order valence-electron chi connectivity index (χ0n) is 10.5. The monoisotopic (exact) mass is 263 g/mol. The van der Waals surface area contributed by atoms with Crippen molar-refractivity contribution in [2.45, 2.75) is 0 Å². The summed E-state index contributed by atoms with van der Waals surface area (Å²) < 4.78 is 13.2. The van der Waals surface area contributed by atoms with Crippen molar-refractivity contribution in [2.75, 3.05) is 5.32 Å². The lowest BCUT2D eigenvalue weighted by Crippen LogP contribution is -1.98. The molecular formula is C16H10FN3. The highest BCUT2D eigenvalue weighted by atomic mass is 19.1. The van der Waals surface area contributed by atoms with Gasteiger partial charge in [0.1, 0.15) is 17.7 Å². The van der Waals surface area contributed by atoms with Crippen molar-refractivity contribution in [3.63, 3.8) is 0 Å². The molecule has 0 aliphatic heterocycles. The average molecular weight is 263 g/mol. The summed E-state index contributed by atoms with van der Waals surface area (Å²) in [6.45, 7) is 0. The molecule has 0 saturated heterocycles. The molecule has 1 heterocycles. The van der Waals surface area contributed by atoms with Crippen LogP contribution in [0.15, 0.2) is 54.6 Å². The molecule has 0 saturated carbocycles. The summed E-state index contributed by atoms with van der Waals surface area (Å²) in [5, 5.41) is 13.1. The van der Waals surface area contributed by atoms with Gasteiger partial charge in [-0.1, -0.05) is 24.3 Å². The van der Waals surface area contributed by atoms with E-state index in [1.54, 1.807) is 18.2 Å². The maximum atomic E-state index is 13.2. The minimum atomic E-state index is -0.339. The first-order chi connectivity index (χ1) is 9.76. The largest absolute Gasteiger partial charge is 0.339 e. The summed E-state index contributed by atoms with van der Waals surface area (Å²) in [7, 11) is 0. The molecule has 20 heavy (non-hydrogen) atoms. The van der Waals surface area contributed by atoms with Crippen LogP contribution in [-0.4, -0.2) is 4.98 Å². The fraction of sp³-hybridized carbons (Fsp3) is 0. The van der Waals surface area contributed by atoms with E-state index in [1.807, 2.05) is 24.3 Å². The third-order valence-corrected chi connectivity index (χ3v) is 2.93. The van der Waals surface area contributed by atoms with E-state index >= 15 is 0 Å². The maximum Gasteiger partial charge on any atom is 0.149 e. The van der Waals surface area contributed by atoms with Gasteiger partial charge in [0, 0.05) is 11.1 Å². The molecule has 3 aromatic rings. The van der Waals surface area contributed by atoms with Crippen LogP contribution >= 0.6 is 0 Å². The lowest BCUT2D eigenvalue weighted by atomic mass is 10.1. The van der Waals surface area contributed by atoms with E-state index in [1.165, 1.54) is 12.1 Å². The van der Waals surface area contributed by atoms with E-state index in [-0.39, 0.29) is 5.82 Å². The second kappa shape index (κ2) is 4.98. The van der Waals surface area contributed by atoms with Gasteiger partial charge in [-0.3, -0.25) is 0 Å². The normalized spacial score (nSPS) is 10.2. The van der Waals surface area contributed by atoms with Crippen LogP contribution in [0.5, 0.6) is 0 Å². The fourth-order valence-electron chi connectivity index (χ4n) is 2.00. The van der Waals surface area contributed by atoms with E-state index in [9.17, 15) is 9.65 Å². The van der Waals surface area contributed by atoms with Gasteiger partial charge in [-0.25, -0.2) is 9.37 Å². The van der Waals surface area contributed by atoms with Crippen LogP contribution in [0.25, 0.3) is 10.9 Å². The molecule has 3 rings (SSSR count). The Labute approximate surface area is 115 Å². The van der Waals surface area contributed by atoms with Crippen LogP contribution in [0.1, 0.15) is 5.56 Å². The molecule has 0 aliphatic rings. The third-order valence-electron chi connectivity index (χ3n) is 2.93. The van der Waals surface area contributed by atoms with Gasteiger partial charge >= 0.3 is 0 Å². The molecule has 0 radical (unpaired) electrons. The molecule has 4 heteroatoms. The van der Waals surface area contributed by atoms with Crippen molar-refractivity contribution in [1.82, 2.24) is 4.98 Å². The molecule has 0 amide bonds. The number of nitriles is 1. The van der Waals surface area contributed by atoms with Crippen molar-refractivity contribution >= 4 is 22.4 Å². The van der Waals surface area contributed by atoms with Gasteiger partial charge in [0.2, 0.25) is 0 Å². The van der Waals surface area contributed by atoms with Crippen LogP contribution in [-0.2, 0) is 0 Å². The third kappa shape index (κ3) is 2.29. The molecule has 0 bridgehead atoms. The molecule has 0 fully saturated rings. The molecule has 2 aromatic carbocycles. The highest BCUT2D eigenvalue weighted by Gasteiger charge is 2.07. The highest BCUT2D eigenvalue weighted by Crippen LogP contribution is 2.23. The Balaban J connectivity index is 2.08. The number of anilines is 2. The van der Waals surface area contributed by atoms with E-state index in [4.69, 9.17) is 0 Å². The van der Waals surface area contributed by atoms with E-state index < -0.39 is 0 Å². The molecule has 0 spiro atoms. The predicted octanol–water partition coefficient (Wildman–Crippen LogP) is 3.99. The van der Waals surface area contributed by atoms with Crippen LogP contribution in [0.3, 0.4) is 0 Å². The number of nitrogens with zero attached hydrogens (tertiary/aromatic N) is 2. The number of aromatic nitrogens is 1. The molecule has 3 nitrogen and oxygen atoms in total. The average Bonchev–Trinajstić information content (AvgIpc) is 2.46. The summed E-state index contributed by atoms with van der Waals surface area (Å²) in [5.41, 5.74) is 1.77. The second-order valence-electron chi connectivity index (χ2n) is 4.32. The van der Waals surface area contributed by atoms with Crippen molar-refractivity contribution in [1.29, 1.82) is 5.26 Å². The number of halogens is 1. The minimum absolute atomic E-state index is 0.339. The number of nitrogens with one attached hydrogen (secondary N) is 1. The molecule has 1 aromatic heterocycles. The highest BCUT2D eigenvalue weighted by molar-refractivity contribution is 5.83. The Morgan fingerprint density at radius 2 is 1.90 bits per heavy atom. The van der Waals surface area contributed by atoms with E-state index in [2.05, 4.69) is 16.4 Å². The van der Waals surface area contributed by atoms with Gasteiger partial charge in [-0.05, 0) is 30.3 Å². The van der Waals surface area contributed by atoms with Crippen LogP contribution < -0.4 is 5.32 Å². The SMILES string of the molecule is N#Cc1cc2ccccc2nc1Nc1cccc(F)c1. The van der Waals surface area contributed by atoms with Gasteiger partial charge < -0.3 is 5.32 Å². The summed E-state index contributed by atoms with van der Waals surface area (Å²) in [6.07, 6.45) is 0. The summed E-state index contributed by atoms with van der Waals surface area (Å²) in [6, 6.07) is 17.5. The molecule has 0 unspecified atom stereocenters. The van der Waals surface area contributed by atoms with Gasteiger partial charge in [-0.15, -0.1) is 0 Å². The lowest BCUT2D eigenvalue weighted by Gasteiger charge is -2.08. The first kappa shape index (κ1) is 12.1. The predicted molar refractivity (Wildman–Crippen MR) is 76.1 cm³/mol. The van der Waals surface area contributed by atoms with Crippen molar-refractivity contribution in [2.24, 2.45) is 0 Å². The number of para-hydroxylation sites is 1. The number of pyridine rings is 1. The standard InChI is InChI=1S/C16H10FN3/c17-13-5-3-6-14(9-13)19-16-12(10-18)8-11-4-1-2-7-15(11)20-16/h1-9H,(H,19,20).